The van der Waals surface area contributed by atoms with Crippen LogP contribution in [0.3, 0.4) is 0 Å². The molecule has 2 aromatic heterocycles. The molecule has 0 radical (unpaired) electrons. The Morgan fingerprint density at radius 1 is 0.316 bits per heavy atom. The van der Waals surface area contributed by atoms with Gasteiger partial charge in [-0.3, -0.25) is 0 Å². The SMILES string of the molecule is CCC1CC2CCCC(CC2)C12c1ccccc1-c1c(N(c3ccc(-c4cccc5c4sc4ccc(-c6ccc7c(c6)C(C)(C)c6cc(N(c8ccc(-c9ccc%10sc%11ccccc%11c%10c9)cc8)c8cccc9c8-c8ccccc8C98CC9CCC%10CC9CC8C%10)ccc6-7)cc45)cc3)c3ccc4c(c3)C(C)(C)c3ccccc3-4)cccc12. The van der Waals surface area contributed by atoms with Gasteiger partial charge in [-0.25, -0.2) is 0 Å². The maximum atomic E-state index is 2.65. The van der Waals surface area contributed by atoms with Gasteiger partial charge in [0.15, 0.2) is 0 Å². The van der Waals surface area contributed by atoms with Crippen molar-refractivity contribution in [3.63, 3.8) is 0 Å². The van der Waals surface area contributed by atoms with Crippen molar-refractivity contribution in [2.24, 2.45) is 41.4 Å². The van der Waals surface area contributed by atoms with E-state index in [4.69, 9.17) is 0 Å². The summed E-state index contributed by atoms with van der Waals surface area (Å²) in [6, 6.07) is 115. The summed E-state index contributed by atoms with van der Waals surface area (Å²) < 4.78 is 5.33. The van der Waals surface area contributed by atoms with Crippen LogP contribution in [0.25, 0.3) is 118 Å². The third-order valence-corrected chi connectivity index (χ3v) is 34.3. The van der Waals surface area contributed by atoms with Crippen molar-refractivity contribution in [2.75, 3.05) is 9.80 Å². The first-order chi connectivity index (χ1) is 57.4. The van der Waals surface area contributed by atoms with Crippen molar-refractivity contribution in [3.05, 3.63) is 336 Å². The van der Waals surface area contributed by atoms with E-state index in [9.17, 15) is 0 Å². The molecule has 14 aromatic carbocycles. The molecule has 5 bridgehead atoms. The van der Waals surface area contributed by atoms with Crippen LogP contribution < -0.4 is 9.80 Å². The summed E-state index contributed by atoms with van der Waals surface area (Å²) in [5, 5.41) is 5.30. The molecular formula is C113H96N2S2. The first kappa shape index (κ1) is 69.3. The number of thiophene rings is 2. The fourth-order valence-corrected chi connectivity index (χ4v) is 29.0. The average Bonchev–Trinajstić information content (AvgIpc) is 1.52. The minimum absolute atomic E-state index is 0.00224. The topological polar surface area (TPSA) is 6.48 Å². The van der Waals surface area contributed by atoms with Crippen molar-refractivity contribution in [1.82, 2.24) is 0 Å². The van der Waals surface area contributed by atoms with E-state index in [1.165, 1.54) is 258 Å². The summed E-state index contributed by atoms with van der Waals surface area (Å²) in [5.41, 5.74) is 37.5. The van der Waals surface area contributed by atoms with Crippen LogP contribution in [0.2, 0.25) is 0 Å². The molecule has 5 saturated carbocycles. The minimum atomic E-state index is -0.280. The van der Waals surface area contributed by atoms with Crippen molar-refractivity contribution in [1.29, 1.82) is 0 Å². The second-order valence-corrected chi connectivity index (χ2v) is 40.0. The standard InChI is InChI=1S/C113H96N2S2/c1-6-76-58-67-19-15-20-77(45-36-67)113(76)96-29-13-9-24-91(96)108-98(113)31-18-33-103(108)115(81-50-53-86-84-21-7-11-27-94(84)110(2,3)100(86)64-81)80-48-40-70(41-49-80)83-25-16-26-89-93-62-72(44-56-106(93)117-109(83)89)73-42-52-85-87-54-51-82(65-101(87)111(4,5)99(85)63-73)114(79-46-38-69(39-47-79)71-43-55-105-92(61-71)88-22-10-14-34-104(88)116-105)102-32-17-30-97-107(102)90-23-8-12-28-95(90)112(97)66-74-37-35-68-57-75(74)60-78(112)59-68/h7-14,16-18,21-34,38-44,46-56,61-65,67-68,74-78H,6,15,19-20,35-37,45,57-60,66H2,1-5H3. The molecule has 2 nitrogen and oxygen atoms in total. The van der Waals surface area contributed by atoms with Gasteiger partial charge in [-0.05, 0) is 301 Å². The molecule has 0 saturated heterocycles. The van der Waals surface area contributed by atoms with Crippen LogP contribution in [0, 0.1) is 41.4 Å². The first-order valence-electron chi connectivity index (χ1n) is 44.1. The van der Waals surface area contributed by atoms with Gasteiger partial charge in [-0.2, -0.15) is 0 Å². The maximum absolute atomic E-state index is 2.65. The molecule has 117 heavy (non-hydrogen) atoms. The van der Waals surface area contributed by atoms with E-state index < -0.39 is 0 Å². The molecule has 5 fully saturated rings. The molecule has 570 valence electrons. The fourth-order valence-electron chi connectivity index (χ4n) is 26.7. The van der Waals surface area contributed by atoms with E-state index in [2.05, 4.69) is 336 Å². The lowest BCUT2D eigenvalue weighted by Gasteiger charge is -2.57. The number of nitrogens with zero attached hydrogens (tertiary/aromatic N) is 2. The van der Waals surface area contributed by atoms with Crippen LogP contribution in [-0.2, 0) is 21.7 Å². The van der Waals surface area contributed by atoms with E-state index in [0.29, 0.717) is 17.8 Å². The highest BCUT2D eigenvalue weighted by Crippen LogP contribution is 2.70. The average molecular weight is 1550 g/mol. The molecule has 25 rings (SSSR count). The molecule has 9 aliphatic rings. The van der Waals surface area contributed by atoms with Gasteiger partial charge in [0.25, 0.3) is 0 Å². The molecule has 0 N–H and O–H groups in total. The Morgan fingerprint density at radius 2 is 0.829 bits per heavy atom. The van der Waals surface area contributed by atoms with Crippen LogP contribution in [0.5, 0.6) is 0 Å². The number of hydrogen-bond donors (Lipinski definition) is 0. The number of hydrogen-bond acceptors (Lipinski definition) is 4. The molecule has 9 unspecified atom stereocenters. The van der Waals surface area contributed by atoms with E-state index in [0.717, 1.165) is 23.7 Å². The Balaban J connectivity index is 0.569. The van der Waals surface area contributed by atoms with Gasteiger partial charge < -0.3 is 9.80 Å². The van der Waals surface area contributed by atoms with E-state index in [-0.39, 0.29) is 21.7 Å². The second kappa shape index (κ2) is 25.6. The van der Waals surface area contributed by atoms with Crippen molar-refractivity contribution in [2.45, 2.75) is 140 Å². The Bertz CT molecular complexity index is 6850. The Kier molecular flexibility index (Phi) is 15.1. The van der Waals surface area contributed by atoms with Crippen molar-refractivity contribution >= 4 is 97.1 Å². The highest BCUT2D eigenvalue weighted by atomic mass is 32.1. The third-order valence-electron chi connectivity index (χ3n) is 31.9. The Labute approximate surface area is 696 Å². The summed E-state index contributed by atoms with van der Waals surface area (Å²) in [7, 11) is 0. The molecule has 9 aliphatic carbocycles. The normalized spacial score (nSPS) is 23.3. The highest BCUT2D eigenvalue weighted by Gasteiger charge is 2.59. The first-order valence-corrected chi connectivity index (χ1v) is 45.7. The van der Waals surface area contributed by atoms with E-state index in [1.54, 1.807) is 22.3 Å². The van der Waals surface area contributed by atoms with Crippen LogP contribution in [0.1, 0.15) is 163 Å². The van der Waals surface area contributed by atoms with Crippen molar-refractivity contribution in [3.8, 4) is 77.9 Å². The zero-order chi connectivity index (χ0) is 77.5. The molecule has 0 amide bonds. The predicted octanol–water partition coefficient (Wildman–Crippen LogP) is 32.0. The van der Waals surface area contributed by atoms with Crippen LogP contribution >= 0.6 is 22.7 Å². The van der Waals surface area contributed by atoms with Gasteiger partial charge in [0.05, 0.1) is 11.4 Å². The van der Waals surface area contributed by atoms with Crippen LogP contribution in [0.15, 0.2) is 291 Å². The molecule has 9 atom stereocenters. The second-order valence-electron chi connectivity index (χ2n) is 37.9. The lowest BCUT2D eigenvalue weighted by molar-refractivity contribution is -0.0103. The predicted molar refractivity (Wildman–Crippen MR) is 496 cm³/mol. The number of rotatable bonds is 10. The highest BCUT2D eigenvalue weighted by molar-refractivity contribution is 7.26. The molecule has 16 aromatic rings. The quantitative estimate of drug-likeness (QED) is 0.135. The lowest BCUT2D eigenvalue weighted by Crippen LogP contribution is -2.50. The minimum Gasteiger partial charge on any atom is -0.310 e. The summed E-state index contributed by atoms with van der Waals surface area (Å²) in [6.07, 6.45) is 17.6. The van der Waals surface area contributed by atoms with Gasteiger partial charge in [0.2, 0.25) is 0 Å². The van der Waals surface area contributed by atoms with Gasteiger partial charge >= 0.3 is 0 Å². The Morgan fingerprint density at radius 3 is 1.56 bits per heavy atom. The third kappa shape index (κ3) is 9.84. The number of fused-ring (bicyclic) bond motifs is 29. The van der Waals surface area contributed by atoms with E-state index >= 15 is 0 Å². The summed E-state index contributed by atoms with van der Waals surface area (Å²) >= 11 is 3.83. The molecule has 2 spiro atoms. The van der Waals surface area contributed by atoms with Crippen LogP contribution in [-0.4, -0.2) is 0 Å². The zero-order valence-corrected chi connectivity index (χ0v) is 69.3. The van der Waals surface area contributed by atoms with Gasteiger partial charge in [-0.1, -0.05) is 261 Å². The monoisotopic (exact) mass is 1540 g/mol. The largest absolute Gasteiger partial charge is 0.310 e. The smallest absolute Gasteiger partial charge is 0.0543 e. The number of benzene rings is 14. The molecular weight excluding hydrogens is 1450 g/mol. The molecule has 2 heterocycles. The van der Waals surface area contributed by atoms with Crippen molar-refractivity contribution < 1.29 is 0 Å². The van der Waals surface area contributed by atoms with Gasteiger partial charge in [0, 0.05) is 95.9 Å². The van der Waals surface area contributed by atoms with Gasteiger partial charge in [-0.15, -0.1) is 22.7 Å². The summed E-state index contributed by atoms with van der Waals surface area (Å²) in [6.45, 7) is 12.3. The zero-order valence-electron chi connectivity index (χ0n) is 67.7. The summed E-state index contributed by atoms with van der Waals surface area (Å²) in [5.74, 6) is 5.27. The van der Waals surface area contributed by atoms with Gasteiger partial charge in [0.1, 0.15) is 0 Å². The molecule has 0 aliphatic heterocycles. The maximum Gasteiger partial charge on any atom is 0.0543 e. The number of anilines is 6. The fraction of sp³-hybridized carbons (Fsp3) is 0.257. The Hall–Kier alpha value is -10.9. The molecule has 4 heteroatoms. The summed E-state index contributed by atoms with van der Waals surface area (Å²) in [4.78, 5) is 5.29. The lowest BCUT2D eigenvalue weighted by atomic mass is 9.47. The van der Waals surface area contributed by atoms with E-state index in [1.807, 2.05) is 22.7 Å². The van der Waals surface area contributed by atoms with Crippen LogP contribution in [0.4, 0.5) is 34.1 Å².